The van der Waals surface area contributed by atoms with Gasteiger partial charge in [-0.15, -0.1) is 5.10 Å². The summed E-state index contributed by atoms with van der Waals surface area (Å²) in [6, 6.07) is 12.7. The van der Waals surface area contributed by atoms with Gasteiger partial charge in [0, 0.05) is 30.4 Å². The molecule has 4 aromatic heterocycles. The number of pyridine rings is 1. The van der Waals surface area contributed by atoms with E-state index in [1.54, 1.807) is 19.3 Å². The third-order valence-electron chi connectivity index (χ3n) is 5.05. The number of anilines is 1. The maximum Gasteiger partial charge on any atom is 0.250 e. The Balaban J connectivity index is 1.77. The molecule has 2 N–H and O–H groups in total. The van der Waals surface area contributed by atoms with E-state index < -0.39 is 5.82 Å². The molecular formula is C22H17FN8O. The predicted octanol–water partition coefficient (Wildman–Crippen LogP) is 2.26. The van der Waals surface area contributed by atoms with Gasteiger partial charge in [0.15, 0.2) is 17.3 Å². The highest BCUT2D eigenvalue weighted by Crippen LogP contribution is 2.34. The van der Waals surface area contributed by atoms with Crippen LogP contribution in [0.25, 0.3) is 28.0 Å². The van der Waals surface area contributed by atoms with Crippen LogP contribution in [0, 0.1) is 5.82 Å². The zero-order chi connectivity index (χ0) is 22.2. The molecule has 9 nitrogen and oxygen atoms in total. The van der Waals surface area contributed by atoms with Crippen LogP contribution in [0.5, 0.6) is 0 Å². The van der Waals surface area contributed by atoms with Gasteiger partial charge in [0.2, 0.25) is 11.5 Å². The number of nitrogens with two attached hydrogens (primary N) is 1. The van der Waals surface area contributed by atoms with Gasteiger partial charge in [-0.25, -0.2) is 24.3 Å². The number of benzene rings is 1. The highest BCUT2D eigenvalue weighted by atomic mass is 19.1. The van der Waals surface area contributed by atoms with Crippen molar-refractivity contribution >= 4 is 11.6 Å². The summed E-state index contributed by atoms with van der Waals surface area (Å²) in [4.78, 5) is 28.8. The van der Waals surface area contributed by atoms with Gasteiger partial charge in [0.1, 0.15) is 6.33 Å². The molecule has 10 heteroatoms. The molecule has 0 radical (unpaired) electrons. The molecule has 0 atom stereocenters. The third kappa shape index (κ3) is 3.37. The molecule has 5 rings (SSSR count). The van der Waals surface area contributed by atoms with Crippen LogP contribution in [0.15, 0.2) is 66.0 Å². The Kier molecular flexibility index (Phi) is 4.66. The predicted molar refractivity (Wildman–Crippen MR) is 116 cm³/mol. The van der Waals surface area contributed by atoms with E-state index in [2.05, 4.69) is 25.0 Å². The Morgan fingerprint density at radius 1 is 1.06 bits per heavy atom. The van der Waals surface area contributed by atoms with Gasteiger partial charge in [0.05, 0.1) is 29.6 Å². The highest BCUT2D eigenvalue weighted by molar-refractivity contribution is 5.90. The van der Waals surface area contributed by atoms with Crippen LogP contribution in [0.1, 0.15) is 11.5 Å². The van der Waals surface area contributed by atoms with Crippen molar-refractivity contribution in [1.29, 1.82) is 0 Å². The molecule has 0 bridgehead atoms. The Hall–Kier alpha value is -4.47. The van der Waals surface area contributed by atoms with Crippen molar-refractivity contribution in [2.24, 2.45) is 7.05 Å². The van der Waals surface area contributed by atoms with Gasteiger partial charge in [-0.2, -0.15) is 4.52 Å². The summed E-state index contributed by atoms with van der Waals surface area (Å²) in [5.74, 6) is -0.0811. The molecule has 32 heavy (non-hydrogen) atoms. The molecule has 0 aliphatic rings. The monoisotopic (exact) mass is 428 g/mol. The number of rotatable bonds is 4. The number of hydrogen-bond donors (Lipinski definition) is 1. The highest BCUT2D eigenvalue weighted by Gasteiger charge is 2.21. The van der Waals surface area contributed by atoms with Crippen molar-refractivity contribution in [1.82, 2.24) is 34.1 Å². The van der Waals surface area contributed by atoms with Crippen LogP contribution in [0.3, 0.4) is 0 Å². The van der Waals surface area contributed by atoms with E-state index in [1.165, 1.54) is 21.5 Å². The number of aromatic nitrogens is 7. The quantitative estimate of drug-likeness (QED) is 0.467. The van der Waals surface area contributed by atoms with E-state index in [0.29, 0.717) is 22.7 Å². The smallest absolute Gasteiger partial charge is 0.250 e. The summed E-state index contributed by atoms with van der Waals surface area (Å²) in [5.41, 5.74) is 9.51. The molecular weight excluding hydrogens is 411 g/mol. The number of hydrogen-bond acceptors (Lipinski definition) is 7. The summed E-state index contributed by atoms with van der Waals surface area (Å²) in [6.07, 6.45) is 4.13. The van der Waals surface area contributed by atoms with E-state index in [0.717, 1.165) is 17.3 Å². The van der Waals surface area contributed by atoms with Gasteiger partial charge in [-0.1, -0.05) is 30.3 Å². The molecule has 4 heterocycles. The van der Waals surface area contributed by atoms with Gasteiger partial charge < -0.3 is 10.3 Å². The number of aryl methyl sites for hydroxylation is 1. The summed E-state index contributed by atoms with van der Waals surface area (Å²) < 4.78 is 17.0. The summed E-state index contributed by atoms with van der Waals surface area (Å²) in [7, 11) is 1.67. The molecule has 158 valence electrons. The van der Waals surface area contributed by atoms with Crippen molar-refractivity contribution in [3.63, 3.8) is 0 Å². The molecule has 0 amide bonds. The first-order chi connectivity index (χ1) is 15.5. The maximum absolute atomic E-state index is 14.1. The first-order valence-corrected chi connectivity index (χ1v) is 9.73. The zero-order valence-corrected chi connectivity index (χ0v) is 17.0. The molecule has 0 saturated heterocycles. The number of halogens is 1. The van der Waals surface area contributed by atoms with E-state index in [-0.39, 0.29) is 23.6 Å². The van der Waals surface area contributed by atoms with Crippen LogP contribution in [0.2, 0.25) is 0 Å². The molecule has 1 aromatic carbocycles. The van der Waals surface area contributed by atoms with Gasteiger partial charge >= 0.3 is 0 Å². The molecule has 0 aliphatic heterocycles. The van der Waals surface area contributed by atoms with Crippen LogP contribution in [-0.2, 0) is 13.5 Å². The average molecular weight is 428 g/mol. The van der Waals surface area contributed by atoms with Crippen molar-refractivity contribution in [3.05, 3.63) is 88.9 Å². The van der Waals surface area contributed by atoms with Crippen LogP contribution in [0.4, 0.5) is 10.3 Å². The van der Waals surface area contributed by atoms with E-state index in [1.807, 2.05) is 30.3 Å². The zero-order valence-electron chi connectivity index (χ0n) is 17.0. The molecule has 5 aromatic rings. The lowest BCUT2D eigenvalue weighted by molar-refractivity contribution is 0.593. The van der Waals surface area contributed by atoms with Crippen LogP contribution < -0.4 is 11.3 Å². The fraction of sp³-hybridized carbons (Fsp3) is 0.0909. The topological polar surface area (TPSA) is 117 Å². The Labute approximate surface area is 181 Å². The lowest BCUT2D eigenvalue weighted by atomic mass is 10.0. The molecule has 0 fully saturated rings. The van der Waals surface area contributed by atoms with E-state index in [9.17, 15) is 9.18 Å². The van der Waals surface area contributed by atoms with E-state index in [4.69, 9.17) is 5.73 Å². The molecule has 0 aliphatic carbocycles. The van der Waals surface area contributed by atoms with Crippen LogP contribution >= 0.6 is 0 Å². The van der Waals surface area contributed by atoms with Crippen molar-refractivity contribution in [2.75, 3.05) is 5.73 Å². The number of fused-ring (bicyclic) bond motifs is 1. The lowest BCUT2D eigenvalue weighted by Crippen LogP contribution is -2.14. The maximum atomic E-state index is 14.1. The average Bonchev–Trinajstić information content (AvgIpc) is 3.22. The Morgan fingerprint density at radius 2 is 1.88 bits per heavy atom. The first kappa shape index (κ1) is 19.5. The largest absolute Gasteiger partial charge is 0.368 e. The Morgan fingerprint density at radius 3 is 2.62 bits per heavy atom. The minimum absolute atomic E-state index is 0.0584. The third-order valence-corrected chi connectivity index (χ3v) is 5.05. The van der Waals surface area contributed by atoms with Crippen molar-refractivity contribution < 1.29 is 4.39 Å². The minimum Gasteiger partial charge on any atom is -0.368 e. The lowest BCUT2D eigenvalue weighted by Gasteiger charge is -2.12. The Bertz CT molecular complexity index is 1510. The van der Waals surface area contributed by atoms with Gasteiger partial charge in [-0.3, -0.25) is 4.79 Å². The number of nitrogen functional groups attached to an aromatic ring is 1. The second-order valence-corrected chi connectivity index (χ2v) is 7.18. The van der Waals surface area contributed by atoms with Crippen molar-refractivity contribution in [2.45, 2.75) is 6.42 Å². The standard InChI is InChI=1S/C22H17FN8O/c1-30-11-14(7-8-18(30)32)19-20(13-5-3-2-4-6-13)28-22(24)31-21(19)27-17(29-31)9-16-15(23)10-25-12-26-16/h2-8,10-12H,9H2,1H3,(H2,24,28). The van der Waals surface area contributed by atoms with E-state index >= 15 is 0 Å². The first-order valence-electron chi connectivity index (χ1n) is 9.73. The summed E-state index contributed by atoms with van der Waals surface area (Å²) >= 11 is 0. The number of nitrogens with zero attached hydrogens (tertiary/aromatic N) is 7. The van der Waals surface area contributed by atoms with Crippen LogP contribution in [-0.4, -0.2) is 34.1 Å². The molecule has 0 spiro atoms. The fourth-order valence-corrected chi connectivity index (χ4v) is 3.51. The second-order valence-electron chi connectivity index (χ2n) is 7.18. The summed E-state index contributed by atoms with van der Waals surface area (Å²) in [6.45, 7) is 0. The summed E-state index contributed by atoms with van der Waals surface area (Å²) in [5, 5.41) is 4.43. The molecule has 0 unspecified atom stereocenters. The minimum atomic E-state index is -0.541. The molecule has 0 saturated carbocycles. The van der Waals surface area contributed by atoms with Crippen molar-refractivity contribution in [3.8, 4) is 22.4 Å². The second kappa shape index (κ2) is 7.65. The fourth-order valence-electron chi connectivity index (χ4n) is 3.51. The van der Waals surface area contributed by atoms with Gasteiger partial charge in [0.25, 0.3) is 0 Å². The normalized spacial score (nSPS) is 11.2. The van der Waals surface area contributed by atoms with Gasteiger partial charge in [-0.05, 0) is 6.07 Å². The SMILES string of the molecule is Cn1cc(-c2c(-c3ccccc3)nc(N)n3nc(Cc4ncncc4F)nc23)ccc1=O.